The SMILES string of the molecule is C[C@H]1CCCC[C@@H]1NC(=O)COc1ccc(C#N)cc1Cl. The zero-order valence-electron chi connectivity index (χ0n) is 12.1. The molecule has 1 aromatic carbocycles. The first kappa shape index (κ1) is 15.7. The molecule has 4 nitrogen and oxygen atoms in total. The average Bonchev–Trinajstić information content (AvgIpc) is 2.48. The number of amides is 1. The van der Waals surface area contributed by atoms with E-state index in [1.165, 1.54) is 12.5 Å². The van der Waals surface area contributed by atoms with Gasteiger partial charge in [-0.05, 0) is 37.0 Å². The Morgan fingerprint density at radius 1 is 1.48 bits per heavy atom. The molecule has 0 spiro atoms. The third-order valence-electron chi connectivity index (χ3n) is 3.88. The minimum Gasteiger partial charge on any atom is -0.482 e. The second kappa shape index (κ2) is 7.33. The maximum atomic E-state index is 11.9. The fraction of sp³-hybridized carbons (Fsp3) is 0.500. The van der Waals surface area contributed by atoms with Crippen LogP contribution in [0.3, 0.4) is 0 Å². The van der Waals surface area contributed by atoms with Crippen molar-refractivity contribution < 1.29 is 9.53 Å². The number of nitriles is 1. The summed E-state index contributed by atoms with van der Waals surface area (Å²) in [6, 6.07) is 6.99. The molecule has 0 aliphatic heterocycles. The van der Waals surface area contributed by atoms with E-state index in [0.717, 1.165) is 19.3 Å². The van der Waals surface area contributed by atoms with E-state index in [2.05, 4.69) is 12.2 Å². The Morgan fingerprint density at radius 2 is 2.24 bits per heavy atom. The molecule has 1 aliphatic carbocycles. The summed E-state index contributed by atoms with van der Waals surface area (Å²) in [7, 11) is 0. The molecule has 1 aromatic rings. The summed E-state index contributed by atoms with van der Waals surface area (Å²) < 4.78 is 5.42. The average molecular weight is 307 g/mol. The number of nitrogens with zero attached hydrogens (tertiary/aromatic N) is 1. The lowest BCUT2D eigenvalue weighted by Crippen LogP contribution is -2.43. The standard InChI is InChI=1S/C16H19ClN2O2/c1-11-4-2-3-5-14(11)19-16(20)10-21-15-7-6-12(9-18)8-13(15)17/h6-8,11,14H,2-5,10H2,1H3,(H,19,20)/t11-,14-/m0/s1. The Hall–Kier alpha value is -1.73. The number of hydrogen-bond acceptors (Lipinski definition) is 3. The molecule has 1 aliphatic rings. The molecule has 0 saturated heterocycles. The zero-order chi connectivity index (χ0) is 15.2. The van der Waals surface area contributed by atoms with Gasteiger partial charge in [-0.3, -0.25) is 4.79 Å². The van der Waals surface area contributed by atoms with Gasteiger partial charge in [0, 0.05) is 6.04 Å². The van der Waals surface area contributed by atoms with Gasteiger partial charge in [-0.2, -0.15) is 5.26 Å². The van der Waals surface area contributed by atoms with Gasteiger partial charge in [0.15, 0.2) is 6.61 Å². The minimum atomic E-state index is -0.130. The molecular weight excluding hydrogens is 288 g/mol. The van der Waals surface area contributed by atoms with E-state index in [9.17, 15) is 4.79 Å². The summed E-state index contributed by atoms with van der Waals surface area (Å²) in [6.45, 7) is 2.11. The highest BCUT2D eigenvalue weighted by Gasteiger charge is 2.22. The van der Waals surface area contributed by atoms with Crippen LogP contribution < -0.4 is 10.1 Å². The highest BCUT2D eigenvalue weighted by Crippen LogP contribution is 2.26. The molecule has 21 heavy (non-hydrogen) atoms. The van der Waals surface area contributed by atoms with Gasteiger partial charge in [0.05, 0.1) is 16.7 Å². The molecule has 5 heteroatoms. The van der Waals surface area contributed by atoms with Gasteiger partial charge in [0.1, 0.15) is 5.75 Å². The van der Waals surface area contributed by atoms with E-state index in [-0.39, 0.29) is 18.6 Å². The van der Waals surface area contributed by atoms with Gasteiger partial charge >= 0.3 is 0 Å². The van der Waals surface area contributed by atoms with Crippen LogP contribution in [0.5, 0.6) is 5.75 Å². The van der Waals surface area contributed by atoms with Crippen LogP contribution in [-0.4, -0.2) is 18.6 Å². The van der Waals surface area contributed by atoms with Crippen molar-refractivity contribution in [3.63, 3.8) is 0 Å². The van der Waals surface area contributed by atoms with Gasteiger partial charge in [-0.15, -0.1) is 0 Å². The fourth-order valence-electron chi connectivity index (χ4n) is 2.61. The van der Waals surface area contributed by atoms with Crippen LogP contribution in [0.2, 0.25) is 5.02 Å². The molecule has 0 heterocycles. The first-order chi connectivity index (χ1) is 10.1. The smallest absolute Gasteiger partial charge is 0.258 e. The van der Waals surface area contributed by atoms with Crippen LogP contribution in [0.1, 0.15) is 38.2 Å². The number of carbonyl (C=O) groups is 1. The summed E-state index contributed by atoms with van der Waals surface area (Å²) in [5.41, 5.74) is 0.466. The van der Waals surface area contributed by atoms with Crippen molar-refractivity contribution in [1.82, 2.24) is 5.32 Å². The summed E-state index contributed by atoms with van der Waals surface area (Å²) in [4.78, 5) is 11.9. The van der Waals surface area contributed by atoms with Crippen molar-refractivity contribution >= 4 is 17.5 Å². The maximum Gasteiger partial charge on any atom is 0.258 e. The van der Waals surface area contributed by atoms with Gasteiger partial charge in [-0.1, -0.05) is 31.4 Å². The molecule has 1 saturated carbocycles. The molecule has 0 unspecified atom stereocenters. The van der Waals surface area contributed by atoms with Crippen molar-refractivity contribution in [2.24, 2.45) is 5.92 Å². The van der Waals surface area contributed by atoms with Crippen LogP contribution >= 0.6 is 11.6 Å². The van der Waals surface area contributed by atoms with Crippen molar-refractivity contribution in [2.45, 2.75) is 38.6 Å². The van der Waals surface area contributed by atoms with Crippen molar-refractivity contribution in [1.29, 1.82) is 5.26 Å². The lowest BCUT2D eigenvalue weighted by Gasteiger charge is -2.29. The van der Waals surface area contributed by atoms with E-state index in [1.54, 1.807) is 12.1 Å². The van der Waals surface area contributed by atoms with Crippen molar-refractivity contribution in [3.8, 4) is 11.8 Å². The van der Waals surface area contributed by atoms with Crippen LogP contribution in [0.15, 0.2) is 18.2 Å². The summed E-state index contributed by atoms with van der Waals surface area (Å²) in [6.07, 6.45) is 4.60. The maximum absolute atomic E-state index is 11.9. The second-order valence-electron chi connectivity index (χ2n) is 5.48. The molecule has 1 fully saturated rings. The molecule has 0 bridgehead atoms. The summed E-state index contributed by atoms with van der Waals surface area (Å²) in [5.74, 6) is 0.804. The monoisotopic (exact) mass is 306 g/mol. The van der Waals surface area contributed by atoms with Crippen molar-refractivity contribution in [2.75, 3.05) is 6.61 Å². The third kappa shape index (κ3) is 4.37. The Morgan fingerprint density at radius 3 is 2.90 bits per heavy atom. The second-order valence-corrected chi connectivity index (χ2v) is 5.89. The van der Waals surface area contributed by atoms with E-state index in [1.807, 2.05) is 6.07 Å². The summed E-state index contributed by atoms with van der Waals surface area (Å²) >= 11 is 6.00. The van der Waals surface area contributed by atoms with Crippen molar-refractivity contribution in [3.05, 3.63) is 28.8 Å². The number of hydrogen-bond donors (Lipinski definition) is 1. The number of rotatable bonds is 4. The van der Waals surface area contributed by atoms with Crippen LogP contribution in [-0.2, 0) is 4.79 Å². The normalized spacial score (nSPS) is 21.4. The van der Waals surface area contributed by atoms with Gasteiger partial charge < -0.3 is 10.1 Å². The topological polar surface area (TPSA) is 62.1 Å². The predicted octanol–water partition coefficient (Wildman–Crippen LogP) is 3.29. The molecule has 0 aromatic heterocycles. The van der Waals surface area contributed by atoms with Gasteiger partial charge in [0.25, 0.3) is 5.91 Å². The summed E-state index contributed by atoms with van der Waals surface area (Å²) in [5, 5.41) is 12.1. The number of ether oxygens (including phenoxy) is 1. The Bertz CT molecular complexity index is 554. The first-order valence-electron chi connectivity index (χ1n) is 7.22. The quantitative estimate of drug-likeness (QED) is 0.928. The van der Waals surface area contributed by atoms with E-state index in [4.69, 9.17) is 21.6 Å². The largest absolute Gasteiger partial charge is 0.482 e. The molecule has 2 atom stereocenters. The van der Waals surface area contributed by atoms with Gasteiger partial charge in [0.2, 0.25) is 0 Å². The van der Waals surface area contributed by atoms with E-state index in [0.29, 0.717) is 22.3 Å². The lowest BCUT2D eigenvalue weighted by atomic mass is 9.86. The van der Waals surface area contributed by atoms with Crippen LogP contribution in [0.4, 0.5) is 0 Å². The fourth-order valence-corrected chi connectivity index (χ4v) is 2.84. The third-order valence-corrected chi connectivity index (χ3v) is 4.17. The first-order valence-corrected chi connectivity index (χ1v) is 7.59. The minimum absolute atomic E-state index is 0.0607. The molecule has 1 N–H and O–H groups in total. The predicted molar refractivity (Wildman–Crippen MR) is 81.2 cm³/mol. The number of nitrogens with one attached hydrogen (secondary N) is 1. The van der Waals surface area contributed by atoms with Crippen LogP contribution in [0.25, 0.3) is 0 Å². The Kier molecular flexibility index (Phi) is 5.46. The highest BCUT2D eigenvalue weighted by molar-refractivity contribution is 6.32. The molecule has 112 valence electrons. The molecule has 2 rings (SSSR count). The zero-order valence-corrected chi connectivity index (χ0v) is 12.8. The molecular formula is C16H19ClN2O2. The van der Waals surface area contributed by atoms with Gasteiger partial charge in [-0.25, -0.2) is 0 Å². The van der Waals surface area contributed by atoms with Crippen LogP contribution in [0, 0.1) is 17.2 Å². The lowest BCUT2D eigenvalue weighted by molar-refractivity contribution is -0.124. The highest BCUT2D eigenvalue weighted by atomic mass is 35.5. The number of halogens is 1. The Labute approximate surface area is 130 Å². The van der Waals surface area contributed by atoms with E-state index < -0.39 is 0 Å². The molecule has 1 amide bonds. The Balaban J connectivity index is 1.85. The number of carbonyl (C=O) groups excluding carboxylic acids is 1. The number of benzene rings is 1. The van der Waals surface area contributed by atoms with E-state index >= 15 is 0 Å². The molecule has 0 radical (unpaired) electrons.